The number of nitrogens with two attached hydrogens (primary N) is 1. The van der Waals surface area contributed by atoms with Crippen LogP contribution in [0, 0.1) is 5.82 Å². The van der Waals surface area contributed by atoms with Crippen LogP contribution in [0.3, 0.4) is 0 Å². The van der Waals surface area contributed by atoms with Crippen molar-refractivity contribution in [2.75, 3.05) is 0 Å². The minimum atomic E-state index is -0.497. The Balaban J connectivity index is 3.15. The van der Waals surface area contributed by atoms with Gasteiger partial charge in [-0.3, -0.25) is 11.3 Å². The highest BCUT2D eigenvalue weighted by Crippen LogP contribution is 2.27. The molecule has 0 spiro atoms. The van der Waals surface area contributed by atoms with Crippen LogP contribution in [-0.2, 0) is 0 Å². The van der Waals surface area contributed by atoms with Gasteiger partial charge in [0.05, 0.1) is 5.02 Å². The standard InChI is InChI=1S/C8H9Cl2FN2/c1-4(13-12)5-2-8(11)7(10)3-6(5)9/h2-4,13H,12H2,1H3. The number of hydrogen-bond acceptors (Lipinski definition) is 2. The summed E-state index contributed by atoms with van der Waals surface area (Å²) in [7, 11) is 0. The van der Waals surface area contributed by atoms with E-state index in [1.165, 1.54) is 12.1 Å². The minimum absolute atomic E-state index is 0.0120. The normalized spacial score (nSPS) is 13.0. The SMILES string of the molecule is CC(NN)c1cc(F)c(Cl)cc1Cl. The summed E-state index contributed by atoms with van der Waals surface area (Å²) in [4.78, 5) is 0. The maximum atomic E-state index is 13.0. The fraction of sp³-hybridized carbons (Fsp3) is 0.250. The molecule has 3 N–H and O–H groups in total. The third-order valence-corrected chi connectivity index (χ3v) is 2.37. The highest BCUT2D eigenvalue weighted by Gasteiger charge is 2.11. The van der Waals surface area contributed by atoms with Gasteiger partial charge >= 0.3 is 0 Å². The van der Waals surface area contributed by atoms with Gasteiger partial charge in [0, 0.05) is 11.1 Å². The van der Waals surface area contributed by atoms with Crippen LogP contribution in [0.25, 0.3) is 0 Å². The number of hydrazine groups is 1. The molecule has 1 unspecified atom stereocenters. The van der Waals surface area contributed by atoms with Gasteiger partial charge in [0.2, 0.25) is 0 Å². The van der Waals surface area contributed by atoms with E-state index < -0.39 is 5.82 Å². The van der Waals surface area contributed by atoms with E-state index in [1.807, 2.05) is 0 Å². The molecule has 0 radical (unpaired) electrons. The zero-order valence-corrected chi connectivity index (χ0v) is 8.46. The van der Waals surface area contributed by atoms with Crippen LogP contribution in [0.15, 0.2) is 12.1 Å². The Hall–Kier alpha value is -0.350. The zero-order chi connectivity index (χ0) is 10.0. The van der Waals surface area contributed by atoms with E-state index in [4.69, 9.17) is 29.0 Å². The Kier molecular flexibility index (Phi) is 3.50. The molecule has 1 aromatic carbocycles. The number of halogens is 3. The first kappa shape index (κ1) is 10.7. The molecule has 0 saturated carbocycles. The van der Waals surface area contributed by atoms with Gasteiger partial charge in [-0.25, -0.2) is 4.39 Å². The molecule has 1 atom stereocenters. The molecule has 0 bridgehead atoms. The van der Waals surface area contributed by atoms with Crippen LogP contribution in [0.2, 0.25) is 10.0 Å². The van der Waals surface area contributed by atoms with E-state index in [-0.39, 0.29) is 11.1 Å². The summed E-state index contributed by atoms with van der Waals surface area (Å²) < 4.78 is 13.0. The van der Waals surface area contributed by atoms with Crippen molar-refractivity contribution in [1.82, 2.24) is 5.43 Å². The Morgan fingerprint density at radius 3 is 2.54 bits per heavy atom. The molecular formula is C8H9Cl2FN2. The summed E-state index contributed by atoms with van der Waals surface area (Å²) in [5, 5.41) is 0.412. The molecule has 0 aromatic heterocycles. The molecule has 0 aliphatic heterocycles. The lowest BCUT2D eigenvalue weighted by Crippen LogP contribution is -2.25. The van der Waals surface area contributed by atoms with Crippen molar-refractivity contribution < 1.29 is 4.39 Å². The molecule has 0 saturated heterocycles. The van der Waals surface area contributed by atoms with Crippen molar-refractivity contribution in [2.45, 2.75) is 13.0 Å². The third kappa shape index (κ3) is 2.31. The lowest BCUT2D eigenvalue weighted by molar-refractivity contribution is 0.586. The largest absolute Gasteiger partial charge is 0.271 e. The monoisotopic (exact) mass is 222 g/mol. The summed E-state index contributed by atoms with van der Waals surface area (Å²) in [6.07, 6.45) is 0. The van der Waals surface area contributed by atoms with E-state index in [9.17, 15) is 4.39 Å². The first-order chi connectivity index (χ1) is 6.06. The van der Waals surface area contributed by atoms with E-state index >= 15 is 0 Å². The smallest absolute Gasteiger partial charge is 0.142 e. The zero-order valence-electron chi connectivity index (χ0n) is 6.94. The fourth-order valence-corrected chi connectivity index (χ4v) is 1.51. The predicted molar refractivity (Wildman–Crippen MR) is 52.2 cm³/mol. The molecule has 1 aromatic rings. The van der Waals surface area contributed by atoms with E-state index in [1.54, 1.807) is 6.92 Å². The van der Waals surface area contributed by atoms with Gasteiger partial charge in [0.25, 0.3) is 0 Å². The average Bonchev–Trinajstić information content (AvgIpc) is 2.10. The average molecular weight is 223 g/mol. The first-order valence-corrected chi connectivity index (χ1v) is 4.42. The summed E-state index contributed by atoms with van der Waals surface area (Å²) in [6, 6.07) is 2.43. The molecule has 2 nitrogen and oxygen atoms in total. The van der Waals surface area contributed by atoms with Crippen LogP contribution in [-0.4, -0.2) is 0 Å². The second kappa shape index (κ2) is 4.24. The summed E-state index contributed by atoms with van der Waals surface area (Å²) in [5.41, 5.74) is 3.06. The van der Waals surface area contributed by atoms with E-state index in [2.05, 4.69) is 5.43 Å². The molecule has 0 fully saturated rings. The molecule has 13 heavy (non-hydrogen) atoms. The topological polar surface area (TPSA) is 38.0 Å². The summed E-state index contributed by atoms with van der Waals surface area (Å²) in [5.74, 6) is 4.70. The Morgan fingerprint density at radius 2 is 2.00 bits per heavy atom. The first-order valence-electron chi connectivity index (χ1n) is 3.67. The molecular weight excluding hydrogens is 214 g/mol. The lowest BCUT2D eigenvalue weighted by Gasteiger charge is -2.12. The fourth-order valence-electron chi connectivity index (χ4n) is 0.960. The number of nitrogens with one attached hydrogen (secondary N) is 1. The van der Waals surface area contributed by atoms with Crippen molar-refractivity contribution >= 4 is 23.2 Å². The Morgan fingerprint density at radius 1 is 1.38 bits per heavy atom. The van der Waals surface area contributed by atoms with Crippen LogP contribution in [0.5, 0.6) is 0 Å². The molecule has 72 valence electrons. The van der Waals surface area contributed by atoms with Gasteiger partial charge in [0.15, 0.2) is 0 Å². The minimum Gasteiger partial charge on any atom is -0.271 e. The highest BCUT2D eigenvalue weighted by molar-refractivity contribution is 6.35. The Labute approximate surface area is 85.8 Å². The maximum Gasteiger partial charge on any atom is 0.142 e. The highest BCUT2D eigenvalue weighted by atomic mass is 35.5. The van der Waals surface area contributed by atoms with Gasteiger partial charge < -0.3 is 0 Å². The second-order valence-electron chi connectivity index (χ2n) is 2.68. The van der Waals surface area contributed by atoms with Crippen LogP contribution in [0.1, 0.15) is 18.5 Å². The summed E-state index contributed by atoms with van der Waals surface area (Å²) >= 11 is 11.4. The second-order valence-corrected chi connectivity index (χ2v) is 3.49. The number of hydrogen-bond donors (Lipinski definition) is 2. The van der Waals surface area contributed by atoms with Crippen LogP contribution in [0.4, 0.5) is 4.39 Å². The van der Waals surface area contributed by atoms with Crippen molar-refractivity contribution in [2.24, 2.45) is 5.84 Å². The van der Waals surface area contributed by atoms with Gasteiger partial charge in [-0.15, -0.1) is 0 Å². The van der Waals surface area contributed by atoms with Crippen molar-refractivity contribution in [3.8, 4) is 0 Å². The van der Waals surface area contributed by atoms with E-state index in [0.717, 1.165) is 0 Å². The number of rotatable bonds is 2. The van der Waals surface area contributed by atoms with Crippen molar-refractivity contribution in [3.05, 3.63) is 33.6 Å². The molecule has 1 rings (SSSR count). The van der Waals surface area contributed by atoms with Gasteiger partial charge in [-0.2, -0.15) is 0 Å². The molecule has 0 aliphatic carbocycles. The quantitative estimate of drug-likeness (QED) is 0.459. The Bertz CT molecular complexity index is 317. The van der Waals surface area contributed by atoms with Gasteiger partial charge in [-0.05, 0) is 24.6 Å². The summed E-state index contributed by atoms with van der Waals surface area (Å²) in [6.45, 7) is 1.77. The molecule has 5 heteroatoms. The molecule has 0 aliphatic rings. The predicted octanol–water partition coefficient (Wildman–Crippen LogP) is 2.66. The van der Waals surface area contributed by atoms with Crippen LogP contribution >= 0.6 is 23.2 Å². The lowest BCUT2D eigenvalue weighted by atomic mass is 10.1. The van der Waals surface area contributed by atoms with Crippen molar-refractivity contribution in [3.63, 3.8) is 0 Å². The van der Waals surface area contributed by atoms with E-state index in [0.29, 0.717) is 10.6 Å². The van der Waals surface area contributed by atoms with Gasteiger partial charge in [0.1, 0.15) is 5.82 Å². The van der Waals surface area contributed by atoms with Crippen molar-refractivity contribution in [1.29, 1.82) is 0 Å². The number of benzene rings is 1. The van der Waals surface area contributed by atoms with Gasteiger partial charge in [-0.1, -0.05) is 23.2 Å². The van der Waals surface area contributed by atoms with Crippen LogP contribution < -0.4 is 11.3 Å². The molecule has 0 heterocycles. The maximum absolute atomic E-state index is 13.0. The molecule has 0 amide bonds. The third-order valence-electron chi connectivity index (χ3n) is 1.76.